The fourth-order valence-corrected chi connectivity index (χ4v) is 11.0. The van der Waals surface area contributed by atoms with Gasteiger partial charge in [0.15, 0.2) is 0 Å². The summed E-state index contributed by atoms with van der Waals surface area (Å²) in [4.78, 5) is 40.2. The molecule has 9 nitrogen and oxygen atoms in total. The van der Waals surface area contributed by atoms with E-state index < -0.39 is 26.6 Å². The van der Waals surface area contributed by atoms with Gasteiger partial charge in [0.05, 0.1) is 33.8 Å². The molecule has 0 aliphatic carbocycles. The van der Waals surface area contributed by atoms with Gasteiger partial charge in [-0.1, -0.05) is 303 Å². The van der Waals surface area contributed by atoms with Crippen molar-refractivity contribution in [1.29, 1.82) is 0 Å². The summed E-state index contributed by atoms with van der Waals surface area (Å²) >= 11 is 0. The molecular formula is C79H139N2O7P. The highest BCUT2D eigenvalue weighted by Gasteiger charge is 2.27. The highest BCUT2D eigenvalue weighted by atomic mass is 31.2. The Bertz CT molecular complexity index is 1940. The first-order chi connectivity index (χ1) is 43.4. The number of hydrogen-bond acceptors (Lipinski definition) is 7. The average Bonchev–Trinajstić information content (AvgIpc) is 3.70. The summed E-state index contributed by atoms with van der Waals surface area (Å²) < 4.78 is 30.5. The maximum Gasteiger partial charge on any atom is 0.306 e. The van der Waals surface area contributed by atoms with Crippen molar-refractivity contribution >= 4 is 19.7 Å². The SMILES string of the molecule is CC/C=C\C/C=C\C/C=C\C/C=C\C/C=C\C/C=C\CCCCCCCCCCC(=O)NC(COP(=O)([O-])OCC[N+](C)(C)C)C(/C=C/CCCCCCCCCCC)OC(=O)CCCCCCCCCCCCCC/C=C\C/C=C\C/C=C\CCCCC. The molecule has 0 aromatic carbocycles. The number of rotatable bonds is 66. The Morgan fingerprint density at radius 1 is 0.404 bits per heavy atom. The number of esters is 1. The number of unbranched alkanes of at least 4 members (excludes halogenated alkanes) is 32. The maximum atomic E-state index is 13.6. The van der Waals surface area contributed by atoms with Crippen LogP contribution >= 0.6 is 7.82 Å². The zero-order valence-electron chi connectivity index (χ0n) is 58.6. The van der Waals surface area contributed by atoms with Crippen LogP contribution in [-0.2, 0) is 27.9 Å². The molecule has 0 saturated carbocycles. The Kier molecular flexibility index (Phi) is 64.6. The molecule has 89 heavy (non-hydrogen) atoms. The van der Waals surface area contributed by atoms with Crippen LogP contribution in [0.5, 0.6) is 0 Å². The molecule has 0 aliphatic heterocycles. The molecule has 0 bridgehead atoms. The van der Waals surface area contributed by atoms with E-state index in [2.05, 4.69) is 135 Å². The summed E-state index contributed by atoms with van der Waals surface area (Å²) in [6.45, 7) is 6.70. The molecule has 0 radical (unpaired) electrons. The minimum Gasteiger partial charge on any atom is -0.756 e. The van der Waals surface area contributed by atoms with Crippen molar-refractivity contribution in [3.63, 3.8) is 0 Å². The van der Waals surface area contributed by atoms with Gasteiger partial charge in [0.2, 0.25) is 5.91 Å². The molecule has 0 aliphatic rings. The van der Waals surface area contributed by atoms with E-state index in [0.717, 1.165) is 122 Å². The first kappa shape index (κ1) is 85.4. The number of nitrogens with zero attached hydrogens (tertiary/aromatic N) is 1. The topological polar surface area (TPSA) is 114 Å². The molecular weight excluding hydrogens is 1120 g/mol. The molecule has 1 amide bonds. The van der Waals surface area contributed by atoms with Crippen LogP contribution in [0.15, 0.2) is 122 Å². The molecule has 0 spiro atoms. The van der Waals surface area contributed by atoms with Gasteiger partial charge in [0, 0.05) is 12.8 Å². The van der Waals surface area contributed by atoms with Crippen LogP contribution < -0.4 is 10.2 Å². The summed E-state index contributed by atoms with van der Waals surface area (Å²) in [5.41, 5.74) is 0. The van der Waals surface area contributed by atoms with E-state index in [1.807, 2.05) is 33.3 Å². The van der Waals surface area contributed by atoms with Gasteiger partial charge in [-0.15, -0.1) is 0 Å². The van der Waals surface area contributed by atoms with Crippen molar-refractivity contribution in [2.24, 2.45) is 0 Å². The minimum absolute atomic E-state index is 0.0296. The first-order valence-corrected chi connectivity index (χ1v) is 38.3. The van der Waals surface area contributed by atoms with Crippen LogP contribution in [0.25, 0.3) is 0 Å². The lowest BCUT2D eigenvalue weighted by molar-refractivity contribution is -0.870. The second-order valence-electron chi connectivity index (χ2n) is 25.7. The molecule has 0 aromatic rings. The predicted octanol–water partition coefficient (Wildman–Crippen LogP) is 23.2. The number of phosphoric acid groups is 1. The third-order valence-electron chi connectivity index (χ3n) is 15.9. The van der Waals surface area contributed by atoms with Crippen LogP contribution in [0.2, 0.25) is 0 Å². The molecule has 0 fully saturated rings. The van der Waals surface area contributed by atoms with E-state index in [-0.39, 0.29) is 24.9 Å². The number of amides is 1. The highest BCUT2D eigenvalue weighted by Crippen LogP contribution is 2.38. The molecule has 0 aromatic heterocycles. The summed E-state index contributed by atoms with van der Waals surface area (Å²) in [5, 5.41) is 3.04. The maximum absolute atomic E-state index is 13.6. The molecule has 0 rings (SSSR count). The van der Waals surface area contributed by atoms with Crippen LogP contribution in [0.1, 0.15) is 316 Å². The van der Waals surface area contributed by atoms with Crippen LogP contribution in [0.3, 0.4) is 0 Å². The summed E-state index contributed by atoms with van der Waals surface area (Å²) in [6, 6.07) is -0.902. The van der Waals surface area contributed by atoms with E-state index in [0.29, 0.717) is 17.4 Å². The second kappa shape index (κ2) is 67.3. The van der Waals surface area contributed by atoms with Gasteiger partial charge in [-0.05, 0) is 122 Å². The fourth-order valence-electron chi connectivity index (χ4n) is 10.2. The smallest absolute Gasteiger partial charge is 0.306 e. The van der Waals surface area contributed by atoms with Crippen molar-refractivity contribution in [3.05, 3.63) is 122 Å². The van der Waals surface area contributed by atoms with Crippen molar-refractivity contribution in [3.8, 4) is 0 Å². The Labute approximate surface area is 550 Å². The molecule has 512 valence electrons. The summed E-state index contributed by atoms with van der Waals surface area (Å²) in [6.07, 6.45) is 94.7. The van der Waals surface area contributed by atoms with E-state index in [9.17, 15) is 19.0 Å². The van der Waals surface area contributed by atoms with E-state index >= 15 is 0 Å². The Hall–Kier alpha value is -3.59. The minimum atomic E-state index is -4.72. The Morgan fingerprint density at radius 3 is 1.10 bits per heavy atom. The van der Waals surface area contributed by atoms with Crippen molar-refractivity contribution in [2.45, 2.75) is 328 Å². The number of allylic oxidation sites excluding steroid dienone is 19. The van der Waals surface area contributed by atoms with Crippen LogP contribution in [-0.4, -0.2) is 69.4 Å². The lowest BCUT2D eigenvalue weighted by atomic mass is 10.0. The predicted molar refractivity (Wildman–Crippen MR) is 385 cm³/mol. The van der Waals surface area contributed by atoms with Gasteiger partial charge < -0.3 is 28.5 Å². The standard InChI is InChI=1S/C79H139N2O7P/c1-7-10-13-16-19-22-25-27-29-31-33-35-37-39-40-42-43-45-47-49-51-53-56-59-62-65-68-71-78(82)80-76(75-87-89(84,85)86-74-73-81(4,5)6)77(70-67-64-61-58-55-24-21-18-15-12-9-3)88-79(83)72-69-66-63-60-57-54-52-50-48-46-44-41-38-36-34-32-30-28-26-23-20-17-14-11-8-2/h10,13,19-20,22-23,27-30,33-36,39-40,43,45,67,70,76-77H,7-9,11-12,14-18,21,24-26,31-32,37-38,41-42,44,46-66,68-69,71-75H2,1-6H3,(H-,80,82,84,85)/b13-10-,22-19-,23-20-,29-27-,30-28-,35-33-,36-34-,40-39-,45-43-,70-67+. The average molecular weight is 1260 g/mol. The molecule has 0 heterocycles. The zero-order valence-corrected chi connectivity index (χ0v) is 59.5. The normalized spacial score (nSPS) is 14.2. The second-order valence-corrected chi connectivity index (χ2v) is 27.1. The molecule has 0 saturated heterocycles. The quantitative estimate of drug-likeness (QED) is 0.0212. The number of nitrogens with one attached hydrogen (secondary N) is 1. The van der Waals surface area contributed by atoms with Gasteiger partial charge in [-0.25, -0.2) is 0 Å². The lowest BCUT2D eigenvalue weighted by Crippen LogP contribution is -2.47. The van der Waals surface area contributed by atoms with Gasteiger partial charge in [-0.2, -0.15) is 0 Å². The number of ether oxygens (including phenoxy) is 1. The van der Waals surface area contributed by atoms with Crippen molar-refractivity contribution in [1.82, 2.24) is 5.32 Å². The number of carbonyl (C=O) groups is 2. The summed E-state index contributed by atoms with van der Waals surface area (Å²) in [5.74, 6) is -0.553. The van der Waals surface area contributed by atoms with Gasteiger partial charge in [-0.3, -0.25) is 14.2 Å². The van der Waals surface area contributed by atoms with Crippen LogP contribution in [0.4, 0.5) is 0 Å². The van der Waals surface area contributed by atoms with Crippen LogP contribution in [0, 0.1) is 0 Å². The third kappa shape index (κ3) is 68.6. The number of phosphoric ester groups is 1. The Morgan fingerprint density at radius 2 is 0.719 bits per heavy atom. The van der Waals surface area contributed by atoms with Gasteiger partial charge in [0.25, 0.3) is 7.82 Å². The van der Waals surface area contributed by atoms with Crippen molar-refractivity contribution in [2.75, 3.05) is 40.9 Å². The monoisotopic (exact) mass is 1260 g/mol. The lowest BCUT2D eigenvalue weighted by Gasteiger charge is -2.30. The van der Waals surface area contributed by atoms with Gasteiger partial charge in [0.1, 0.15) is 19.3 Å². The van der Waals surface area contributed by atoms with Crippen molar-refractivity contribution < 1.29 is 37.3 Å². The third-order valence-corrected chi connectivity index (χ3v) is 16.8. The van der Waals surface area contributed by atoms with E-state index in [4.69, 9.17) is 13.8 Å². The highest BCUT2D eigenvalue weighted by molar-refractivity contribution is 7.45. The molecule has 3 atom stereocenters. The number of quaternary nitrogens is 1. The Balaban J connectivity index is 5.01. The number of carbonyl (C=O) groups excluding carboxylic acids is 2. The summed E-state index contributed by atoms with van der Waals surface area (Å²) in [7, 11) is 1.17. The van der Waals surface area contributed by atoms with E-state index in [1.54, 1.807) is 0 Å². The van der Waals surface area contributed by atoms with E-state index in [1.165, 1.54) is 161 Å². The number of hydrogen-bond donors (Lipinski definition) is 1. The number of likely N-dealkylation sites (N-methyl/N-ethyl adjacent to an activating group) is 1. The zero-order chi connectivity index (χ0) is 64.9. The molecule has 3 unspecified atom stereocenters. The first-order valence-electron chi connectivity index (χ1n) is 36.8. The van der Waals surface area contributed by atoms with Gasteiger partial charge >= 0.3 is 5.97 Å². The largest absolute Gasteiger partial charge is 0.756 e. The molecule has 1 N–H and O–H groups in total. The fraction of sp³-hybridized carbons (Fsp3) is 0.722. The molecule has 10 heteroatoms.